The van der Waals surface area contributed by atoms with Gasteiger partial charge in [-0.25, -0.2) is 0 Å². The third kappa shape index (κ3) is 2.48. The van der Waals surface area contributed by atoms with E-state index in [2.05, 4.69) is 11.9 Å². The van der Waals surface area contributed by atoms with Gasteiger partial charge in [-0.1, -0.05) is 6.92 Å². The van der Waals surface area contributed by atoms with Gasteiger partial charge in [0, 0.05) is 23.4 Å². The lowest BCUT2D eigenvalue weighted by atomic mass is 10.1. The smallest absolute Gasteiger partial charge is 0.254 e. The first-order chi connectivity index (χ1) is 8.02. The fourth-order valence-electron chi connectivity index (χ4n) is 2.05. The molecule has 4 nitrogen and oxygen atoms in total. The second kappa shape index (κ2) is 4.96. The Morgan fingerprint density at radius 2 is 2.41 bits per heavy atom. The van der Waals surface area contributed by atoms with E-state index in [0.29, 0.717) is 16.8 Å². The lowest BCUT2D eigenvalue weighted by molar-refractivity contribution is 0.163. The Balaban J connectivity index is 2.34. The number of aromatic nitrogens is 2. The second-order valence-corrected chi connectivity index (χ2v) is 6.13. The zero-order valence-electron chi connectivity index (χ0n) is 9.84. The predicted octanol–water partition coefficient (Wildman–Crippen LogP) is 1.99. The molecule has 1 aromatic rings. The van der Waals surface area contributed by atoms with Crippen LogP contribution in [-0.2, 0) is 0 Å². The number of hydrogen-bond donors (Lipinski definition) is 2. The van der Waals surface area contributed by atoms with Crippen molar-refractivity contribution in [1.29, 1.82) is 0 Å². The van der Waals surface area contributed by atoms with E-state index in [1.54, 1.807) is 24.9 Å². The van der Waals surface area contributed by atoms with Crippen molar-refractivity contribution in [3.63, 3.8) is 0 Å². The molecular formula is C11H16N2O2S2. The first-order valence-electron chi connectivity index (χ1n) is 5.68. The summed E-state index contributed by atoms with van der Waals surface area (Å²) in [6.45, 7) is 3.83. The Hall–Kier alpha value is -0.590. The topological polar surface area (TPSA) is 58.0 Å². The van der Waals surface area contributed by atoms with Crippen molar-refractivity contribution in [3.8, 4) is 0 Å². The summed E-state index contributed by atoms with van der Waals surface area (Å²) in [6, 6.07) is 0. The van der Waals surface area contributed by atoms with E-state index in [4.69, 9.17) is 12.2 Å². The number of aliphatic hydroxyl groups excluding tert-OH is 1. The molecule has 0 saturated carbocycles. The van der Waals surface area contributed by atoms with Crippen LogP contribution in [0.15, 0.2) is 11.0 Å². The van der Waals surface area contributed by atoms with Crippen molar-refractivity contribution in [3.05, 3.63) is 26.9 Å². The molecule has 1 unspecified atom stereocenters. The molecule has 0 bridgehead atoms. The molecule has 1 saturated heterocycles. The van der Waals surface area contributed by atoms with E-state index >= 15 is 0 Å². The molecule has 94 valence electrons. The number of aryl methyl sites for hydroxylation is 1. The molecule has 1 aliphatic heterocycles. The summed E-state index contributed by atoms with van der Waals surface area (Å²) in [4.78, 5) is 14.1. The molecule has 0 aromatic carbocycles. The molecule has 6 heteroatoms. The van der Waals surface area contributed by atoms with Gasteiger partial charge in [-0.2, -0.15) is 0 Å². The van der Waals surface area contributed by atoms with Crippen LogP contribution in [0.3, 0.4) is 0 Å². The minimum absolute atomic E-state index is 0.123. The molecule has 17 heavy (non-hydrogen) atoms. The van der Waals surface area contributed by atoms with Gasteiger partial charge >= 0.3 is 0 Å². The van der Waals surface area contributed by atoms with Crippen LogP contribution in [0, 0.1) is 11.7 Å². The van der Waals surface area contributed by atoms with Gasteiger partial charge in [-0.3, -0.25) is 9.78 Å². The molecule has 2 heterocycles. The first-order valence-corrected chi connectivity index (χ1v) is 7.03. The monoisotopic (exact) mass is 272 g/mol. The van der Waals surface area contributed by atoms with Crippen LogP contribution in [0.5, 0.6) is 0 Å². The summed E-state index contributed by atoms with van der Waals surface area (Å²) in [5.41, 5.74) is 0.510. The van der Waals surface area contributed by atoms with Gasteiger partial charge in [0.2, 0.25) is 0 Å². The Morgan fingerprint density at radius 1 is 1.71 bits per heavy atom. The maximum atomic E-state index is 11.4. The van der Waals surface area contributed by atoms with Crippen LogP contribution in [0.4, 0.5) is 0 Å². The SMILES string of the molecule is CC[C@H]1S[C@@H](n2cc(C)c(=O)[nH]c2=S)CC1O. The van der Waals surface area contributed by atoms with Crippen molar-refractivity contribution in [2.75, 3.05) is 0 Å². The van der Waals surface area contributed by atoms with Crippen LogP contribution in [-0.4, -0.2) is 26.0 Å². The first kappa shape index (κ1) is 12.9. The summed E-state index contributed by atoms with van der Waals surface area (Å²) in [6.07, 6.45) is 3.12. The summed E-state index contributed by atoms with van der Waals surface area (Å²) >= 11 is 6.89. The third-order valence-corrected chi connectivity index (χ3v) is 5.11. The Labute approximate surface area is 109 Å². The highest BCUT2D eigenvalue weighted by atomic mass is 32.2. The molecule has 1 aromatic heterocycles. The van der Waals surface area contributed by atoms with Crippen LogP contribution in [0.25, 0.3) is 0 Å². The fraction of sp³-hybridized carbons (Fsp3) is 0.636. The molecule has 2 N–H and O–H groups in total. The zero-order valence-corrected chi connectivity index (χ0v) is 11.5. The van der Waals surface area contributed by atoms with Crippen molar-refractivity contribution in [2.24, 2.45) is 0 Å². The minimum atomic E-state index is -0.288. The summed E-state index contributed by atoms with van der Waals surface area (Å²) in [5.74, 6) is 0. The summed E-state index contributed by atoms with van der Waals surface area (Å²) < 4.78 is 2.32. The number of aromatic amines is 1. The Kier molecular flexibility index (Phi) is 3.75. The number of thioether (sulfide) groups is 1. The standard InChI is InChI=1S/C11H16N2O2S2/c1-3-8-7(14)4-9(17-8)13-5-6(2)10(15)12-11(13)16/h5,7-9,14H,3-4H2,1-2H3,(H,12,15,16)/t7?,8-,9-/m1/s1. The maximum Gasteiger partial charge on any atom is 0.254 e. The molecule has 2 rings (SSSR count). The molecule has 1 fully saturated rings. The van der Waals surface area contributed by atoms with Crippen molar-refractivity contribution in [2.45, 2.75) is 43.4 Å². The molecule has 3 atom stereocenters. The van der Waals surface area contributed by atoms with Gasteiger partial charge in [0.1, 0.15) is 0 Å². The summed E-state index contributed by atoms with van der Waals surface area (Å²) in [7, 11) is 0. The second-order valence-electron chi connectivity index (χ2n) is 4.32. The molecular weight excluding hydrogens is 256 g/mol. The van der Waals surface area contributed by atoms with E-state index in [1.165, 1.54) is 0 Å². The lowest BCUT2D eigenvalue weighted by Crippen LogP contribution is -2.18. The van der Waals surface area contributed by atoms with Gasteiger partial charge in [-0.15, -0.1) is 11.8 Å². The van der Waals surface area contributed by atoms with Crippen molar-refractivity contribution >= 4 is 24.0 Å². The van der Waals surface area contributed by atoms with E-state index in [0.717, 1.165) is 6.42 Å². The fourth-order valence-corrected chi connectivity index (χ4v) is 3.89. The highest BCUT2D eigenvalue weighted by molar-refractivity contribution is 8.00. The molecule has 1 aliphatic rings. The minimum Gasteiger partial charge on any atom is -0.392 e. The Bertz CT molecular complexity index is 523. The van der Waals surface area contributed by atoms with Gasteiger partial charge in [0.05, 0.1) is 11.5 Å². The van der Waals surface area contributed by atoms with Crippen molar-refractivity contribution in [1.82, 2.24) is 9.55 Å². The van der Waals surface area contributed by atoms with Gasteiger partial charge in [-0.05, 0) is 25.6 Å². The van der Waals surface area contributed by atoms with Crippen LogP contribution < -0.4 is 5.56 Å². The highest BCUT2D eigenvalue weighted by Gasteiger charge is 2.33. The lowest BCUT2D eigenvalue weighted by Gasteiger charge is -2.14. The van der Waals surface area contributed by atoms with Crippen molar-refractivity contribution < 1.29 is 5.11 Å². The largest absolute Gasteiger partial charge is 0.392 e. The van der Waals surface area contributed by atoms with E-state index < -0.39 is 0 Å². The zero-order chi connectivity index (χ0) is 12.6. The average Bonchev–Trinajstić information content (AvgIpc) is 2.65. The number of rotatable bonds is 2. The van der Waals surface area contributed by atoms with Gasteiger partial charge in [0.25, 0.3) is 5.56 Å². The van der Waals surface area contributed by atoms with E-state index in [1.807, 2.05) is 4.57 Å². The van der Waals surface area contributed by atoms with E-state index in [-0.39, 0.29) is 22.3 Å². The molecule has 0 radical (unpaired) electrons. The van der Waals surface area contributed by atoms with Crippen LogP contribution in [0.1, 0.15) is 30.7 Å². The number of nitrogens with one attached hydrogen (secondary N) is 1. The molecule has 0 spiro atoms. The van der Waals surface area contributed by atoms with E-state index in [9.17, 15) is 9.90 Å². The normalized spacial score (nSPS) is 28.5. The van der Waals surface area contributed by atoms with Gasteiger partial charge < -0.3 is 9.67 Å². The van der Waals surface area contributed by atoms with Crippen LogP contribution >= 0.6 is 24.0 Å². The Morgan fingerprint density at radius 3 is 3.00 bits per heavy atom. The van der Waals surface area contributed by atoms with Gasteiger partial charge in [0.15, 0.2) is 4.77 Å². The number of nitrogens with zero attached hydrogens (tertiary/aromatic N) is 1. The third-order valence-electron chi connectivity index (χ3n) is 3.06. The average molecular weight is 272 g/mol. The molecule has 0 aliphatic carbocycles. The highest BCUT2D eigenvalue weighted by Crippen LogP contribution is 2.42. The predicted molar refractivity (Wildman–Crippen MR) is 72.0 cm³/mol. The number of H-pyrrole nitrogens is 1. The quantitative estimate of drug-likeness (QED) is 0.808. The molecule has 0 amide bonds. The van der Waals surface area contributed by atoms with Crippen LogP contribution in [0.2, 0.25) is 0 Å². The summed E-state index contributed by atoms with van der Waals surface area (Å²) in [5, 5.41) is 10.3. The number of aliphatic hydroxyl groups is 1. The number of hydrogen-bond acceptors (Lipinski definition) is 4. The maximum absolute atomic E-state index is 11.4.